The molecule has 0 aliphatic rings. The lowest BCUT2D eigenvalue weighted by molar-refractivity contribution is -0.118. The smallest absolute Gasteiger partial charge is 0.184 e. The molecule has 0 fully saturated rings. The molecule has 1 aromatic carbocycles. The number of benzene rings is 1. The van der Waals surface area contributed by atoms with Crippen LogP contribution in [0.25, 0.3) is 0 Å². The highest BCUT2D eigenvalue weighted by atomic mass is 35.5. The van der Waals surface area contributed by atoms with Gasteiger partial charge in [0.25, 0.3) is 0 Å². The van der Waals surface area contributed by atoms with Gasteiger partial charge < -0.3 is 4.43 Å². The van der Waals surface area contributed by atoms with Crippen LogP contribution in [-0.2, 0) is 9.22 Å². The zero-order valence-corrected chi connectivity index (χ0v) is 12.5. The average molecular weight is 271 g/mol. The van der Waals surface area contributed by atoms with Crippen LogP contribution in [0.15, 0.2) is 24.3 Å². The first-order chi connectivity index (χ1) is 7.79. The Labute approximate surface area is 109 Å². The lowest BCUT2D eigenvalue weighted by Gasteiger charge is -2.26. The molecule has 0 heterocycles. The van der Waals surface area contributed by atoms with E-state index in [1.54, 1.807) is 6.92 Å². The maximum Gasteiger partial charge on any atom is 0.184 e. The van der Waals surface area contributed by atoms with E-state index in [9.17, 15) is 4.79 Å². The molecule has 4 heteroatoms. The molecule has 0 bridgehead atoms. The van der Waals surface area contributed by atoms with Gasteiger partial charge >= 0.3 is 0 Å². The summed E-state index contributed by atoms with van der Waals surface area (Å²) in [5.74, 6) is 0.119. The fourth-order valence-corrected chi connectivity index (χ4v) is 2.96. The molecule has 0 amide bonds. The summed E-state index contributed by atoms with van der Waals surface area (Å²) in [7, 11) is -1.70. The highest BCUT2D eigenvalue weighted by Gasteiger charge is 2.24. The minimum Gasteiger partial charge on any atom is -0.410 e. The van der Waals surface area contributed by atoms with E-state index in [0.29, 0.717) is 11.4 Å². The Bertz CT molecular complexity index is 399. The van der Waals surface area contributed by atoms with Gasteiger partial charge in [-0.25, -0.2) is 0 Å². The Morgan fingerprint density at radius 2 is 1.94 bits per heavy atom. The van der Waals surface area contributed by atoms with E-state index in [2.05, 4.69) is 19.6 Å². The van der Waals surface area contributed by atoms with Gasteiger partial charge in [-0.2, -0.15) is 0 Å². The first-order valence-electron chi connectivity index (χ1n) is 5.71. The van der Waals surface area contributed by atoms with Crippen molar-refractivity contribution in [3.63, 3.8) is 0 Å². The van der Waals surface area contributed by atoms with Crippen LogP contribution < -0.4 is 0 Å². The molecule has 0 aliphatic heterocycles. The van der Waals surface area contributed by atoms with Gasteiger partial charge in [0.15, 0.2) is 8.32 Å². The topological polar surface area (TPSA) is 26.3 Å². The number of rotatable bonds is 5. The number of Topliss-reactive ketones (excluding diaryl/α,β-unsaturated/α-hetero) is 1. The summed E-state index contributed by atoms with van der Waals surface area (Å²) in [5.41, 5.74) is 0.909. The molecule has 0 saturated carbocycles. The number of ketones is 1. The molecule has 0 N–H and O–H groups in total. The Kier molecular flexibility index (Phi) is 4.92. The quantitative estimate of drug-likeness (QED) is 0.749. The van der Waals surface area contributed by atoms with E-state index < -0.39 is 8.32 Å². The Morgan fingerprint density at radius 1 is 1.35 bits per heavy atom. The van der Waals surface area contributed by atoms with Gasteiger partial charge in [-0.05, 0) is 38.2 Å². The summed E-state index contributed by atoms with van der Waals surface area (Å²) >= 11 is 6.16. The van der Waals surface area contributed by atoms with E-state index >= 15 is 0 Å². The van der Waals surface area contributed by atoms with Gasteiger partial charge in [0.1, 0.15) is 5.78 Å². The van der Waals surface area contributed by atoms with E-state index in [-0.39, 0.29) is 11.9 Å². The van der Waals surface area contributed by atoms with E-state index in [1.165, 1.54) is 0 Å². The molecule has 1 rings (SSSR count). The maximum absolute atomic E-state index is 11.3. The second-order valence-corrected chi connectivity index (χ2v) is 10.0. The predicted octanol–water partition coefficient (Wildman–Crippen LogP) is 4.21. The molecule has 0 aromatic heterocycles. The van der Waals surface area contributed by atoms with Crippen molar-refractivity contribution in [3.8, 4) is 0 Å². The third kappa shape index (κ3) is 5.02. The molecule has 1 aromatic rings. The molecular weight excluding hydrogens is 252 g/mol. The number of hydrogen-bond acceptors (Lipinski definition) is 2. The van der Waals surface area contributed by atoms with Gasteiger partial charge in [0, 0.05) is 11.4 Å². The van der Waals surface area contributed by atoms with Crippen LogP contribution in [0.4, 0.5) is 0 Å². The fourth-order valence-electron chi connectivity index (χ4n) is 1.64. The summed E-state index contributed by atoms with van der Waals surface area (Å²) in [4.78, 5) is 11.3. The van der Waals surface area contributed by atoms with Crippen LogP contribution in [0.1, 0.15) is 25.0 Å². The van der Waals surface area contributed by atoms with Crippen molar-refractivity contribution >= 4 is 25.7 Å². The number of halogens is 1. The maximum atomic E-state index is 11.3. The minimum absolute atomic E-state index is 0.119. The van der Waals surface area contributed by atoms with E-state index in [0.717, 1.165) is 5.56 Å². The molecule has 0 radical (unpaired) electrons. The van der Waals surface area contributed by atoms with Gasteiger partial charge in [-0.1, -0.05) is 29.8 Å². The standard InChI is InChI=1S/C13H19ClO2Si/c1-10(15)9-13(16-17(2,3)4)11-7-5-6-8-12(11)14/h5-8,13H,9H2,1-4H3/t13-/m0/s1. The molecular formula is C13H19ClO2Si. The van der Waals surface area contributed by atoms with Crippen molar-refractivity contribution in [2.75, 3.05) is 0 Å². The monoisotopic (exact) mass is 270 g/mol. The van der Waals surface area contributed by atoms with Crippen molar-refractivity contribution in [2.45, 2.75) is 39.1 Å². The number of carbonyl (C=O) groups excluding carboxylic acids is 1. The predicted molar refractivity (Wildman–Crippen MR) is 73.9 cm³/mol. The van der Waals surface area contributed by atoms with Crippen molar-refractivity contribution in [1.29, 1.82) is 0 Å². The molecule has 0 aliphatic carbocycles. The van der Waals surface area contributed by atoms with Crippen molar-refractivity contribution < 1.29 is 9.22 Å². The highest BCUT2D eigenvalue weighted by molar-refractivity contribution is 6.69. The minimum atomic E-state index is -1.70. The van der Waals surface area contributed by atoms with Crippen molar-refractivity contribution in [3.05, 3.63) is 34.9 Å². The Morgan fingerprint density at radius 3 is 2.41 bits per heavy atom. The van der Waals surface area contributed by atoms with Crippen molar-refractivity contribution in [1.82, 2.24) is 0 Å². The van der Waals surface area contributed by atoms with Gasteiger partial charge in [0.05, 0.1) is 6.10 Å². The molecule has 0 saturated heterocycles. The van der Waals surface area contributed by atoms with Crippen LogP contribution in [-0.4, -0.2) is 14.1 Å². The van der Waals surface area contributed by atoms with Gasteiger partial charge in [0.2, 0.25) is 0 Å². The highest BCUT2D eigenvalue weighted by Crippen LogP contribution is 2.30. The summed E-state index contributed by atoms with van der Waals surface area (Å²) in [6.07, 6.45) is 0.168. The van der Waals surface area contributed by atoms with Gasteiger partial charge in [-0.15, -0.1) is 0 Å². The normalized spacial score (nSPS) is 13.5. The molecule has 0 spiro atoms. The third-order valence-corrected chi connectivity index (χ3v) is 3.56. The first-order valence-corrected chi connectivity index (χ1v) is 9.50. The second kappa shape index (κ2) is 5.80. The second-order valence-electron chi connectivity index (χ2n) is 5.15. The van der Waals surface area contributed by atoms with Gasteiger partial charge in [-0.3, -0.25) is 4.79 Å². The SMILES string of the molecule is CC(=O)C[C@H](O[Si](C)(C)C)c1ccccc1Cl. The zero-order chi connectivity index (χ0) is 13.1. The van der Waals surface area contributed by atoms with Crippen LogP contribution >= 0.6 is 11.6 Å². The number of hydrogen-bond donors (Lipinski definition) is 0. The largest absolute Gasteiger partial charge is 0.410 e. The Hall–Kier alpha value is -0.643. The molecule has 1 atom stereocenters. The number of carbonyl (C=O) groups is 1. The zero-order valence-electron chi connectivity index (χ0n) is 10.8. The lowest BCUT2D eigenvalue weighted by Crippen LogP contribution is -2.29. The van der Waals surface area contributed by atoms with Crippen LogP contribution in [0, 0.1) is 0 Å². The molecule has 94 valence electrons. The lowest BCUT2D eigenvalue weighted by atomic mass is 10.1. The third-order valence-electron chi connectivity index (χ3n) is 2.22. The molecule has 0 unspecified atom stereocenters. The van der Waals surface area contributed by atoms with Crippen LogP contribution in [0.2, 0.25) is 24.7 Å². The summed E-state index contributed by atoms with van der Waals surface area (Å²) in [5, 5.41) is 0.664. The van der Waals surface area contributed by atoms with Crippen LogP contribution in [0.5, 0.6) is 0 Å². The first kappa shape index (κ1) is 14.4. The fraction of sp³-hybridized carbons (Fsp3) is 0.462. The summed E-state index contributed by atoms with van der Waals surface area (Å²) < 4.78 is 6.05. The van der Waals surface area contributed by atoms with E-state index in [4.69, 9.17) is 16.0 Å². The van der Waals surface area contributed by atoms with Crippen LogP contribution in [0.3, 0.4) is 0 Å². The Balaban J connectivity index is 2.98. The summed E-state index contributed by atoms with van der Waals surface area (Å²) in [6.45, 7) is 7.91. The summed E-state index contributed by atoms with van der Waals surface area (Å²) in [6, 6.07) is 7.56. The molecule has 2 nitrogen and oxygen atoms in total. The average Bonchev–Trinajstić information content (AvgIpc) is 2.14. The van der Waals surface area contributed by atoms with Crippen molar-refractivity contribution in [2.24, 2.45) is 0 Å². The molecule has 17 heavy (non-hydrogen) atoms. The van der Waals surface area contributed by atoms with E-state index in [1.807, 2.05) is 24.3 Å².